The Morgan fingerprint density at radius 3 is 2.20 bits per heavy atom. The van der Waals surface area contributed by atoms with Crippen LogP contribution in [-0.2, 0) is 16.0 Å². The van der Waals surface area contributed by atoms with E-state index in [9.17, 15) is 14.9 Å². The highest BCUT2D eigenvalue weighted by molar-refractivity contribution is 5.75. The van der Waals surface area contributed by atoms with Gasteiger partial charge < -0.3 is 14.2 Å². The summed E-state index contributed by atoms with van der Waals surface area (Å²) < 4.78 is 15.2. The standard InChI is InChI=1S/C13H17NO6/c1-4-19-11-6-9(7-13(15)18-3)10(14(16)17)8-12(11)20-5-2/h6,8H,4-5,7H2,1-3H3. The van der Waals surface area contributed by atoms with Crippen molar-refractivity contribution >= 4 is 11.7 Å². The minimum Gasteiger partial charge on any atom is -0.490 e. The highest BCUT2D eigenvalue weighted by atomic mass is 16.6. The maximum absolute atomic E-state index is 11.3. The lowest BCUT2D eigenvalue weighted by Crippen LogP contribution is -2.08. The number of hydrogen-bond acceptors (Lipinski definition) is 6. The molecular formula is C13H17NO6. The molecule has 110 valence electrons. The van der Waals surface area contributed by atoms with E-state index in [1.165, 1.54) is 19.2 Å². The number of rotatable bonds is 7. The van der Waals surface area contributed by atoms with Crippen molar-refractivity contribution in [3.05, 3.63) is 27.8 Å². The summed E-state index contributed by atoms with van der Waals surface area (Å²) in [4.78, 5) is 21.8. The minimum absolute atomic E-state index is 0.192. The molecule has 1 aromatic rings. The summed E-state index contributed by atoms with van der Waals surface area (Å²) in [6, 6.07) is 2.72. The number of nitro benzene ring substituents is 1. The van der Waals surface area contributed by atoms with Crippen molar-refractivity contribution in [1.29, 1.82) is 0 Å². The molecule has 0 saturated heterocycles. The maximum atomic E-state index is 11.3. The van der Waals surface area contributed by atoms with Gasteiger partial charge in [0.2, 0.25) is 0 Å². The number of hydrogen-bond donors (Lipinski definition) is 0. The van der Waals surface area contributed by atoms with Gasteiger partial charge in [-0.15, -0.1) is 0 Å². The van der Waals surface area contributed by atoms with Crippen LogP contribution in [0.4, 0.5) is 5.69 Å². The van der Waals surface area contributed by atoms with Crippen molar-refractivity contribution < 1.29 is 23.9 Å². The summed E-state index contributed by atoms with van der Waals surface area (Å²) in [6.45, 7) is 4.30. The SMILES string of the molecule is CCOc1cc(CC(=O)OC)c([N+](=O)[O-])cc1OCC. The first kappa shape index (κ1) is 15.7. The maximum Gasteiger partial charge on any atom is 0.310 e. The summed E-state index contributed by atoms with van der Waals surface area (Å²) in [7, 11) is 1.23. The first-order valence-corrected chi connectivity index (χ1v) is 6.17. The molecule has 0 aromatic heterocycles. The van der Waals surface area contributed by atoms with Crippen LogP contribution in [0.25, 0.3) is 0 Å². The van der Waals surface area contributed by atoms with Crippen LogP contribution in [0.3, 0.4) is 0 Å². The molecule has 0 bridgehead atoms. The molecule has 0 fully saturated rings. The van der Waals surface area contributed by atoms with Crippen LogP contribution < -0.4 is 9.47 Å². The lowest BCUT2D eigenvalue weighted by atomic mass is 10.1. The predicted molar refractivity (Wildman–Crippen MR) is 71.2 cm³/mol. The smallest absolute Gasteiger partial charge is 0.310 e. The molecule has 0 spiro atoms. The van der Waals surface area contributed by atoms with Crippen LogP contribution in [0.1, 0.15) is 19.4 Å². The monoisotopic (exact) mass is 283 g/mol. The number of benzene rings is 1. The van der Waals surface area contributed by atoms with Crippen molar-refractivity contribution in [3.8, 4) is 11.5 Å². The lowest BCUT2D eigenvalue weighted by molar-refractivity contribution is -0.385. The van der Waals surface area contributed by atoms with E-state index in [1.54, 1.807) is 13.8 Å². The zero-order valence-corrected chi connectivity index (χ0v) is 11.7. The number of methoxy groups -OCH3 is 1. The Morgan fingerprint density at radius 1 is 1.20 bits per heavy atom. The summed E-state index contributed by atoms with van der Waals surface area (Å²) in [5.41, 5.74) is 0.0380. The number of nitro groups is 1. The van der Waals surface area contributed by atoms with Crippen molar-refractivity contribution in [3.63, 3.8) is 0 Å². The molecule has 0 amide bonds. The number of esters is 1. The molecule has 7 heteroatoms. The van der Waals surface area contributed by atoms with Crippen molar-refractivity contribution in [1.82, 2.24) is 0 Å². The highest BCUT2D eigenvalue weighted by Crippen LogP contribution is 2.35. The molecule has 0 atom stereocenters. The van der Waals surface area contributed by atoms with E-state index in [2.05, 4.69) is 4.74 Å². The number of nitrogens with zero attached hydrogens (tertiary/aromatic N) is 1. The topological polar surface area (TPSA) is 87.9 Å². The second kappa shape index (κ2) is 7.32. The normalized spacial score (nSPS) is 9.95. The second-order valence-electron chi connectivity index (χ2n) is 3.80. The van der Waals surface area contributed by atoms with Crippen LogP contribution in [0.5, 0.6) is 11.5 Å². The molecule has 0 aliphatic carbocycles. The highest BCUT2D eigenvalue weighted by Gasteiger charge is 2.22. The Morgan fingerprint density at radius 2 is 1.75 bits per heavy atom. The van der Waals surface area contributed by atoms with Gasteiger partial charge in [0.15, 0.2) is 11.5 Å². The van der Waals surface area contributed by atoms with Gasteiger partial charge in [-0.2, -0.15) is 0 Å². The van der Waals surface area contributed by atoms with Gasteiger partial charge in [0.1, 0.15) is 0 Å². The predicted octanol–water partition coefficient (Wildman–Crippen LogP) is 2.11. The quantitative estimate of drug-likeness (QED) is 0.432. The Kier molecular flexibility index (Phi) is 5.76. The fourth-order valence-corrected chi connectivity index (χ4v) is 1.67. The molecule has 0 aliphatic rings. The molecule has 20 heavy (non-hydrogen) atoms. The van der Waals surface area contributed by atoms with E-state index < -0.39 is 10.9 Å². The van der Waals surface area contributed by atoms with Gasteiger partial charge >= 0.3 is 5.97 Å². The van der Waals surface area contributed by atoms with Gasteiger partial charge in [0, 0.05) is 5.56 Å². The summed E-state index contributed by atoms with van der Waals surface area (Å²) in [6.07, 6.45) is -0.195. The molecule has 0 radical (unpaired) electrons. The van der Waals surface area contributed by atoms with E-state index in [4.69, 9.17) is 9.47 Å². The Balaban J connectivity index is 3.28. The molecule has 0 heterocycles. The van der Waals surface area contributed by atoms with Crippen LogP contribution in [0, 0.1) is 10.1 Å². The average molecular weight is 283 g/mol. The van der Waals surface area contributed by atoms with Crippen LogP contribution in [0.15, 0.2) is 12.1 Å². The van der Waals surface area contributed by atoms with Crippen LogP contribution in [-0.4, -0.2) is 31.2 Å². The molecule has 0 aliphatic heterocycles. The van der Waals surface area contributed by atoms with Crippen molar-refractivity contribution in [2.45, 2.75) is 20.3 Å². The third-order valence-electron chi connectivity index (χ3n) is 2.50. The van der Waals surface area contributed by atoms with Crippen LogP contribution in [0.2, 0.25) is 0 Å². The van der Waals surface area contributed by atoms with E-state index in [-0.39, 0.29) is 23.4 Å². The van der Waals surface area contributed by atoms with E-state index in [1.807, 2.05) is 0 Å². The van der Waals surface area contributed by atoms with Crippen molar-refractivity contribution in [2.24, 2.45) is 0 Å². The Bertz CT molecular complexity index is 500. The van der Waals surface area contributed by atoms with E-state index in [0.717, 1.165) is 0 Å². The number of carbonyl (C=O) groups is 1. The minimum atomic E-state index is -0.559. The second-order valence-corrected chi connectivity index (χ2v) is 3.80. The van der Waals surface area contributed by atoms with Gasteiger partial charge in [-0.05, 0) is 19.9 Å². The fraction of sp³-hybridized carbons (Fsp3) is 0.462. The molecular weight excluding hydrogens is 266 g/mol. The van der Waals surface area contributed by atoms with Gasteiger partial charge in [-0.25, -0.2) is 0 Å². The van der Waals surface area contributed by atoms with Gasteiger partial charge in [0.05, 0.1) is 37.7 Å². The zero-order valence-electron chi connectivity index (χ0n) is 11.7. The molecule has 0 saturated carbocycles. The van der Waals surface area contributed by atoms with E-state index >= 15 is 0 Å². The fourth-order valence-electron chi connectivity index (χ4n) is 1.67. The Labute approximate surface area is 116 Å². The summed E-state index contributed by atoms with van der Waals surface area (Å²) in [5, 5.41) is 11.1. The van der Waals surface area contributed by atoms with E-state index in [0.29, 0.717) is 19.0 Å². The zero-order chi connectivity index (χ0) is 15.1. The average Bonchev–Trinajstić information content (AvgIpc) is 2.41. The first-order chi connectivity index (χ1) is 9.53. The largest absolute Gasteiger partial charge is 0.490 e. The number of ether oxygens (including phenoxy) is 3. The van der Waals surface area contributed by atoms with Gasteiger partial charge in [-0.3, -0.25) is 14.9 Å². The summed E-state index contributed by atoms with van der Waals surface area (Å²) in [5.74, 6) is 0.105. The first-order valence-electron chi connectivity index (χ1n) is 6.17. The molecule has 7 nitrogen and oxygen atoms in total. The lowest BCUT2D eigenvalue weighted by Gasteiger charge is -2.12. The number of carbonyl (C=O) groups excluding carboxylic acids is 1. The third kappa shape index (κ3) is 3.84. The Hall–Kier alpha value is -2.31. The molecule has 0 unspecified atom stereocenters. The third-order valence-corrected chi connectivity index (χ3v) is 2.50. The van der Waals surface area contributed by atoms with Crippen LogP contribution >= 0.6 is 0 Å². The van der Waals surface area contributed by atoms with Crippen molar-refractivity contribution in [2.75, 3.05) is 20.3 Å². The van der Waals surface area contributed by atoms with Gasteiger partial charge in [-0.1, -0.05) is 0 Å². The van der Waals surface area contributed by atoms with Gasteiger partial charge in [0.25, 0.3) is 5.69 Å². The molecule has 0 N–H and O–H groups in total. The molecule has 1 aromatic carbocycles. The summed E-state index contributed by atoms with van der Waals surface area (Å²) >= 11 is 0. The molecule has 1 rings (SSSR count).